The highest BCUT2D eigenvalue weighted by Gasteiger charge is 2.06. The van der Waals surface area contributed by atoms with Crippen molar-refractivity contribution in [3.63, 3.8) is 0 Å². The lowest BCUT2D eigenvalue weighted by Gasteiger charge is -1.98. The molecule has 25 heavy (non-hydrogen) atoms. The van der Waals surface area contributed by atoms with Crippen LogP contribution >= 0.6 is 11.3 Å². The molecule has 1 heterocycles. The molecule has 0 fully saturated rings. The van der Waals surface area contributed by atoms with Crippen LogP contribution in [0.15, 0.2) is 60.0 Å². The second kappa shape index (κ2) is 7.51. The summed E-state index contributed by atoms with van der Waals surface area (Å²) in [6.07, 6.45) is 3.06. The Kier molecular flexibility index (Phi) is 4.97. The molecule has 1 aromatic heterocycles. The Morgan fingerprint density at radius 1 is 1.16 bits per heavy atom. The number of carbonyl (C=O) groups excluding carboxylic acids is 1. The van der Waals surface area contributed by atoms with E-state index in [2.05, 4.69) is 10.3 Å². The maximum absolute atomic E-state index is 12.9. The molecule has 0 bridgehead atoms. The number of carbonyl (C=O) groups is 1. The van der Waals surface area contributed by atoms with Crippen molar-refractivity contribution in [1.82, 2.24) is 4.98 Å². The third-order valence-corrected chi connectivity index (χ3v) is 4.10. The van der Waals surface area contributed by atoms with E-state index in [-0.39, 0.29) is 11.7 Å². The first kappa shape index (κ1) is 16.6. The van der Waals surface area contributed by atoms with Crippen molar-refractivity contribution in [1.29, 1.82) is 5.26 Å². The predicted molar refractivity (Wildman–Crippen MR) is 96.3 cm³/mol. The number of anilines is 1. The molecule has 122 valence electrons. The SMILES string of the molecule is N#Cc1ccc(C=CC(=O)Nc2nc(-c3ccc(F)cc3)cs2)cc1. The fraction of sp³-hybridized carbons (Fsp3) is 0. The quantitative estimate of drug-likeness (QED) is 0.707. The molecule has 0 spiro atoms. The van der Waals surface area contributed by atoms with E-state index >= 15 is 0 Å². The van der Waals surface area contributed by atoms with Crippen molar-refractivity contribution in [2.45, 2.75) is 0 Å². The number of hydrogen-bond donors (Lipinski definition) is 1. The molecule has 3 rings (SSSR count). The maximum atomic E-state index is 12.9. The van der Waals surface area contributed by atoms with Gasteiger partial charge in [0, 0.05) is 17.0 Å². The number of nitriles is 1. The van der Waals surface area contributed by atoms with Crippen LogP contribution in [0.2, 0.25) is 0 Å². The summed E-state index contributed by atoms with van der Waals surface area (Å²) in [4.78, 5) is 16.3. The Balaban J connectivity index is 1.64. The average molecular weight is 349 g/mol. The van der Waals surface area contributed by atoms with E-state index in [1.54, 1.807) is 47.9 Å². The largest absolute Gasteiger partial charge is 0.298 e. The number of nitrogens with one attached hydrogen (secondary N) is 1. The molecule has 0 atom stereocenters. The first-order valence-corrected chi connectivity index (χ1v) is 8.23. The lowest BCUT2D eigenvalue weighted by molar-refractivity contribution is -0.111. The molecule has 1 N–H and O–H groups in total. The van der Waals surface area contributed by atoms with Crippen LogP contribution in [0.3, 0.4) is 0 Å². The van der Waals surface area contributed by atoms with Gasteiger partial charge in [-0.3, -0.25) is 10.1 Å². The molecular formula is C19H12FN3OS. The van der Waals surface area contributed by atoms with Crippen molar-refractivity contribution in [2.75, 3.05) is 5.32 Å². The van der Waals surface area contributed by atoms with Gasteiger partial charge >= 0.3 is 0 Å². The molecule has 0 radical (unpaired) electrons. The van der Waals surface area contributed by atoms with Crippen LogP contribution in [-0.2, 0) is 4.79 Å². The smallest absolute Gasteiger partial charge is 0.250 e. The van der Waals surface area contributed by atoms with Gasteiger partial charge in [-0.1, -0.05) is 12.1 Å². The van der Waals surface area contributed by atoms with Crippen LogP contribution in [0, 0.1) is 17.1 Å². The van der Waals surface area contributed by atoms with Crippen LogP contribution in [-0.4, -0.2) is 10.9 Å². The Morgan fingerprint density at radius 3 is 2.56 bits per heavy atom. The molecule has 0 saturated carbocycles. The van der Waals surface area contributed by atoms with Crippen LogP contribution in [0.5, 0.6) is 0 Å². The van der Waals surface area contributed by atoms with E-state index in [0.717, 1.165) is 11.1 Å². The van der Waals surface area contributed by atoms with Gasteiger partial charge in [0.25, 0.3) is 0 Å². The highest BCUT2D eigenvalue weighted by molar-refractivity contribution is 7.14. The van der Waals surface area contributed by atoms with Crippen LogP contribution in [0.4, 0.5) is 9.52 Å². The fourth-order valence-corrected chi connectivity index (χ4v) is 2.79. The lowest BCUT2D eigenvalue weighted by Crippen LogP contribution is -2.07. The molecule has 0 aliphatic heterocycles. The zero-order valence-corrected chi connectivity index (χ0v) is 13.8. The van der Waals surface area contributed by atoms with Crippen LogP contribution in [0.1, 0.15) is 11.1 Å². The minimum atomic E-state index is -0.305. The standard InChI is InChI=1S/C19H12FN3OS/c20-16-8-6-15(7-9-16)17-12-25-19(22-17)23-18(24)10-5-13-1-3-14(11-21)4-2-13/h1-10,12H,(H,22,23,24). The molecule has 0 aliphatic carbocycles. The highest BCUT2D eigenvalue weighted by atomic mass is 32.1. The van der Waals surface area contributed by atoms with Crippen LogP contribution in [0.25, 0.3) is 17.3 Å². The van der Waals surface area contributed by atoms with E-state index in [0.29, 0.717) is 16.4 Å². The minimum absolute atomic E-state index is 0.302. The van der Waals surface area contributed by atoms with E-state index < -0.39 is 0 Å². The topological polar surface area (TPSA) is 65.8 Å². The summed E-state index contributed by atoms with van der Waals surface area (Å²) in [6.45, 7) is 0. The maximum Gasteiger partial charge on any atom is 0.250 e. The Hall–Kier alpha value is -3.30. The van der Waals surface area contributed by atoms with Gasteiger partial charge in [0.05, 0.1) is 17.3 Å². The van der Waals surface area contributed by atoms with Gasteiger partial charge in [-0.25, -0.2) is 9.37 Å². The summed E-state index contributed by atoms with van der Waals surface area (Å²) in [6, 6.07) is 15.0. The summed E-state index contributed by atoms with van der Waals surface area (Å²) in [5, 5.41) is 13.7. The monoisotopic (exact) mass is 349 g/mol. The van der Waals surface area contributed by atoms with E-state index in [9.17, 15) is 9.18 Å². The van der Waals surface area contributed by atoms with Crippen molar-refractivity contribution in [3.05, 3.63) is 76.9 Å². The Bertz CT molecular complexity index is 954. The number of nitrogens with zero attached hydrogens (tertiary/aromatic N) is 2. The first-order valence-electron chi connectivity index (χ1n) is 7.35. The molecule has 1 amide bonds. The fourth-order valence-electron chi connectivity index (χ4n) is 2.07. The van der Waals surface area contributed by atoms with Gasteiger partial charge in [0.15, 0.2) is 5.13 Å². The number of aromatic nitrogens is 1. The summed E-state index contributed by atoms with van der Waals surface area (Å²) in [5.41, 5.74) is 2.85. The number of hydrogen-bond acceptors (Lipinski definition) is 4. The van der Waals surface area contributed by atoms with Crippen molar-refractivity contribution >= 4 is 28.5 Å². The molecule has 0 unspecified atom stereocenters. The molecule has 3 aromatic rings. The van der Waals surface area contributed by atoms with Crippen LogP contribution < -0.4 is 5.32 Å². The van der Waals surface area contributed by atoms with E-state index in [1.165, 1.54) is 29.5 Å². The van der Waals surface area contributed by atoms with Gasteiger partial charge in [-0.05, 0) is 48.0 Å². The van der Waals surface area contributed by atoms with Gasteiger partial charge in [-0.2, -0.15) is 5.26 Å². The number of amides is 1. The Labute approximate surface area is 147 Å². The summed E-state index contributed by atoms with van der Waals surface area (Å²) < 4.78 is 12.9. The van der Waals surface area contributed by atoms with Crippen molar-refractivity contribution in [3.8, 4) is 17.3 Å². The van der Waals surface area contributed by atoms with Gasteiger partial charge in [0.1, 0.15) is 5.82 Å². The normalized spacial score (nSPS) is 10.6. The summed E-state index contributed by atoms with van der Waals surface area (Å²) >= 11 is 1.30. The van der Waals surface area contributed by atoms with Gasteiger partial charge in [0.2, 0.25) is 5.91 Å². The first-order chi connectivity index (χ1) is 12.1. The number of rotatable bonds is 4. The molecule has 0 saturated heterocycles. The Morgan fingerprint density at radius 2 is 1.88 bits per heavy atom. The summed E-state index contributed by atoms with van der Waals surface area (Å²) in [5.74, 6) is -0.607. The van der Waals surface area contributed by atoms with E-state index in [1.807, 2.05) is 6.07 Å². The van der Waals surface area contributed by atoms with Crippen molar-refractivity contribution < 1.29 is 9.18 Å². The third-order valence-electron chi connectivity index (χ3n) is 3.34. The zero-order chi connectivity index (χ0) is 17.6. The number of benzene rings is 2. The predicted octanol–water partition coefficient (Wildman–Crippen LogP) is 4.47. The van der Waals surface area contributed by atoms with Gasteiger partial charge in [-0.15, -0.1) is 11.3 Å². The summed E-state index contributed by atoms with van der Waals surface area (Å²) in [7, 11) is 0. The average Bonchev–Trinajstić information content (AvgIpc) is 3.09. The van der Waals surface area contributed by atoms with Gasteiger partial charge < -0.3 is 0 Å². The second-order valence-electron chi connectivity index (χ2n) is 5.10. The number of halogens is 1. The highest BCUT2D eigenvalue weighted by Crippen LogP contribution is 2.25. The third kappa shape index (κ3) is 4.37. The zero-order valence-electron chi connectivity index (χ0n) is 12.9. The van der Waals surface area contributed by atoms with E-state index in [4.69, 9.17) is 5.26 Å². The molecule has 2 aromatic carbocycles. The lowest BCUT2D eigenvalue weighted by atomic mass is 10.1. The molecule has 0 aliphatic rings. The molecule has 6 heteroatoms. The molecular weight excluding hydrogens is 337 g/mol. The molecule has 4 nitrogen and oxygen atoms in total. The minimum Gasteiger partial charge on any atom is -0.298 e. The van der Waals surface area contributed by atoms with Crippen molar-refractivity contribution in [2.24, 2.45) is 0 Å². The number of thiazole rings is 1. The second-order valence-corrected chi connectivity index (χ2v) is 5.96.